The average molecular weight is 383 g/mol. The van der Waals surface area contributed by atoms with Gasteiger partial charge in [-0.1, -0.05) is 30.3 Å². The third kappa shape index (κ3) is 2.89. The summed E-state index contributed by atoms with van der Waals surface area (Å²) in [6.45, 7) is -0.104. The van der Waals surface area contributed by atoms with Crippen molar-refractivity contribution in [2.45, 2.75) is 12.2 Å². The van der Waals surface area contributed by atoms with Crippen LogP contribution in [0.25, 0.3) is 10.8 Å². The standard InChI is InChI=1S/C19H12F3N5O/c20-19(21,22)16-6-3-7-17(25-16)26-11-13(8-23)27(18(26)28)15-10-24-9-12-4-1-2-5-14(12)15/h1-7,9-10,13H,11H2. The van der Waals surface area contributed by atoms with E-state index < -0.39 is 23.9 Å². The Bertz CT molecular complexity index is 1100. The Hall–Kier alpha value is -3.67. The highest BCUT2D eigenvalue weighted by Gasteiger charge is 2.41. The summed E-state index contributed by atoms with van der Waals surface area (Å²) < 4.78 is 38.9. The molecule has 0 N–H and O–H groups in total. The minimum atomic E-state index is -4.63. The van der Waals surface area contributed by atoms with E-state index in [1.807, 2.05) is 18.2 Å². The van der Waals surface area contributed by atoms with Crippen molar-refractivity contribution in [3.8, 4) is 6.07 Å². The lowest BCUT2D eigenvalue weighted by molar-refractivity contribution is -0.141. The summed E-state index contributed by atoms with van der Waals surface area (Å²) >= 11 is 0. The van der Waals surface area contributed by atoms with Crippen LogP contribution in [-0.2, 0) is 6.18 Å². The highest BCUT2D eigenvalue weighted by Crippen LogP contribution is 2.34. The first kappa shape index (κ1) is 17.7. The largest absolute Gasteiger partial charge is 0.433 e. The Labute approximate surface area is 157 Å². The van der Waals surface area contributed by atoms with Crippen molar-refractivity contribution in [2.75, 3.05) is 16.3 Å². The van der Waals surface area contributed by atoms with Gasteiger partial charge in [0, 0.05) is 17.0 Å². The average Bonchev–Trinajstić information content (AvgIpc) is 3.03. The summed E-state index contributed by atoms with van der Waals surface area (Å²) in [5.74, 6) is -0.157. The third-order valence-corrected chi connectivity index (χ3v) is 4.46. The van der Waals surface area contributed by atoms with Crippen molar-refractivity contribution in [2.24, 2.45) is 0 Å². The summed E-state index contributed by atoms with van der Waals surface area (Å²) in [5.41, 5.74) is -0.680. The van der Waals surface area contributed by atoms with Crippen molar-refractivity contribution in [1.29, 1.82) is 5.26 Å². The maximum atomic E-state index is 13.0. The highest BCUT2D eigenvalue weighted by atomic mass is 19.4. The maximum Gasteiger partial charge on any atom is 0.433 e. The van der Waals surface area contributed by atoms with Gasteiger partial charge in [-0.25, -0.2) is 9.78 Å². The fraction of sp³-hybridized carbons (Fsp3) is 0.158. The lowest BCUT2D eigenvalue weighted by Gasteiger charge is -2.21. The second-order valence-corrected chi connectivity index (χ2v) is 6.17. The van der Waals surface area contributed by atoms with Gasteiger partial charge < -0.3 is 0 Å². The van der Waals surface area contributed by atoms with Gasteiger partial charge in [-0.3, -0.25) is 14.8 Å². The second-order valence-electron chi connectivity index (χ2n) is 6.17. The number of alkyl halides is 3. The topological polar surface area (TPSA) is 73.1 Å². The zero-order valence-electron chi connectivity index (χ0n) is 14.3. The van der Waals surface area contributed by atoms with Gasteiger partial charge in [0.15, 0.2) is 0 Å². The van der Waals surface area contributed by atoms with E-state index >= 15 is 0 Å². The van der Waals surface area contributed by atoms with Crippen LogP contribution in [0.15, 0.2) is 54.9 Å². The van der Waals surface area contributed by atoms with Gasteiger partial charge in [0.2, 0.25) is 0 Å². The number of urea groups is 1. The van der Waals surface area contributed by atoms with Gasteiger partial charge in [0.05, 0.1) is 24.5 Å². The van der Waals surface area contributed by atoms with Crippen LogP contribution in [-0.4, -0.2) is 28.6 Å². The van der Waals surface area contributed by atoms with Gasteiger partial charge in [0.25, 0.3) is 0 Å². The predicted molar refractivity (Wildman–Crippen MR) is 95.6 cm³/mol. The van der Waals surface area contributed by atoms with Crippen molar-refractivity contribution in [3.05, 3.63) is 60.6 Å². The van der Waals surface area contributed by atoms with Gasteiger partial charge in [-0.15, -0.1) is 0 Å². The first-order valence-corrected chi connectivity index (χ1v) is 8.27. The van der Waals surface area contributed by atoms with Crippen LogP contribution in [0.2, 0.25) is 0 Å². The molecule has 3 aromatic rings. The Morgan fingerprint density at radius 2 is 1.89 bits per heavy atom. The molecule has 0 spiro atoms. The molecule has 1 atom stereocenters. The van der Waals surface area contributed by atoms with Crippen molar-refractivity contribution in [1.82, 2.24) is 9.97 Å². The van der Waals surface area contributed by atoms with E-state index in [1.54, 1.807) is 18.3 Å². The Morgan fingerprint density at radius 1 is 1.11 bits per heavy atom. The number of amides is 2. The number of pyridine rings is 2. The molecule has 1 fully saturated rings. The normalized spacial score (nSPS) is 17.2. The first-order valence-electron chi connectivity index (χ1n) is 8.27. The van der Waals surface area contributed by atoms with E-state index in [2.05, 4.69) is 9.97 Å². The van der Waals surface area contributed by atoms with E-state index in [4.69, 9.17) is 0 Å². The summed E-state index contributed by atoms with van der Waals surface area (Å²) in [4.78, 5) is 23.0. The number of rotatable bonds is 2. The lowest BCUT2D eigenvalue weighted by Crippen LogP contribution is -2.35. The molecule has 140 valence electrons. The van der Waals surface area contributed by atoms with Crippen LogP contribution in [0.5, 0.6) is 0 Å². The minimum absolute atomic E-state index is 0.104. The van der Waals surface area contributed by atoms with Gasteiger partial charge in [0.1, 0.15) is 17.6 Å². The summed E-state index contributed by atoms with van der Waals surface area (Å²) in [6, 6.07) is 11.1. The molecule has 3 heterocycles. The summed E-state index contributed by atoms with van der Waals surface area (Å²) in [6.07, 6.45) is -1.53. The Balaban J connectivity index is 1.78. The van der Waals surface area contributed by atoms with Crippen LogP contribution >= 0.6 is 0 Å². The van der Waals surface area contributed by atoms with E-state index in [0.29, 0.717) is 11.1 Å². The van der Waals surface area contributed by atoms with E-state index in [1.165, 1.54) is 23.2 Å². The lowest BCUT2D eigenvalue weighted by atomic mass is 10.1. The number of hydrogen-bond acceptors (Lipinski definition) is 4. The molecule has 6 nitrogen and oxygen atoms in total. The Morgan fingerprint density at radius 3 is 2.64 bits per heavy atom. The SMILES string of the molecule is N#CC1CN(c2cccc(C(F)(F)F)n2)C(=O)N1c1cncc2ccccc12. The monoisotopic (exact) mass is 383 g/mol. The second kappa shape index (κ2) is 6.49. The molecule has 28 heavy (non-hydrogen) atoms. The smallest absolute Gasteiger partial charge is 0.275 e. The van der Waals surface area contributed by atoms with Gasteiger partial charge in [-0.2, -0.15) is 18.4 Å². The molecular formula is C19H12F3N5O. The number of nitrogens with zero attached hydrogens (tertiary/aromatic N) is 5. The fourth-order valence-electron chi connectivity index (χ4n) is 3.18. The molecule has 0 saturated carbocycles. The van der Waals surface area contributed by atoms with Crippen LogP contribution in [0.1, 0.15) is 5.69 Å². The highest BCUT2D eigenvalue weighted by molar-refractivity contribution is 6.11. The van der Waals surface area contributed by atoms with Crippen molar-refractivity contribution in [3.63, 3.8) is 0 Å². The van der Waals surface area contributed by atoms with Crippen LogP contribution in [0.4, 0.5) is 29.5 Å². The molecule has 2 amide bonds. The summed E-state index contributed by atoms with van der Waals surface area (Å²) in [7, 11) is 0. The van der Waals surface area contributed by atoms with Crippen LogP contribution in [0, 0.1) is 11.3 Å². The van der Waals surface area contributed by atoms with Crippen molar-refractivity contribution < 1.29 is 18.0 Å². The number of hydrogen-bond donors (Lipinski definition) is 0. The number of fused-ring (bicyclic) bond motifs is 1. The Kier molecular flexibility index (Phi) is 4.11. The maximum absolute atomic E-state index is 13.0. The summed E-state index contributed by atoms with van der Waals surface area (Å²) in [5, 5.41) is 11.0. The van der Waals surface area contributed by atoms with Crippen molar-refractivity contribution >= 4 is 28.3 Å². The number of carbonyl (C=O) groups excluding carboxylic acids is 1. The fourth-order valence-corrected chi connectivity index (χ4v) is 3.18. The number of anilines is 2. The van der Waals surface area contributed by atoms with E-state index in [-0.39, 0.29) is 12.4 Å². The zero-order valence-corrected chi connectivity index (χ0v) is 14.3. The first-order chi connectivity index (χ1) is 13.4. The number of aromatic nitrogens is 2. The van der Waals surface area contributed by atoms with Crippen LogP contribution < -0.4 is 9.80 Å². The molecule has 0 bridgehead atoms. The molecule has 0 radical (unpaired) electrons. The molecule has 1 unspecified atom stereocenters. The van der Waals surface area contributed by atoms with Gasteiger partial charge in [-0.05, 0) is 12.1 Å². The molecular weight excluding hydrogens is 371 g/mol. The minimum Gasteiger partial charge on any atom is -0.275 e. The third-order valence-electron chi connectivity index (χ3n) is 4.46. The van der Waals surface area contributed by atoms with E-state index in [9.17, 15) is 23.2 Å². The molecule has 2 aromatic heterocycles. The zero-order chi connectivity index (χ0) is 19.9. The van der Waals surface area contributed by atoms with Crippen LogP contribution in [0.3, 0.4) is 0 Å². The molecule has 1 aliphatic heterocycles. The number of nitriles is 1. The molecule has 4 rings (SSSR count). The molecule has 9 heteroatoms. The molecule has 1 saturated heterocycles. The predicted octanol–water partition coefficient (Wildman–Crippen LogP) is 3.99. The number of halogens is 3. The number of carbonyl (C=O) groups is 1. The molecule has 1 aromatic carbocycles. The molecule has 0 aliphatic carbocycles. The quantitative estimate of drug-likeness (QED) is 0.671. The van der Waals surface area contributed by atoms with E-state index in [0.717, 1.165) is 16.4 Å². The van der Waals surface area contributed by atoms with Gasteiger partial charge >= 0.3 is 12.2 Å². The molecule has 1 aliphatic rings. The number of benzene rings is 1.